The Bertz CT molecular complexity index is 540. The van der Waals surface area contributed by atoms with Crippen LogP contribution in [-0.4, -0.2) is 42.6 Å². The van der Waals surface area contributed by atoms with E-state index < -0.39 is 6.10 Å². The second-order valence-corrected chi connectivity index (χ2v) is 7.05. The Morgan fingerprint density at radius 1 is 1.30 bits per heavy atom. The van der Waals surface area contributed by atoms with Gasteiger partial charge in [-0.2, -0.15) is 0 Å². The van der Waals surface area contributed by atoms with Crippen LogP contribution in [0.1, 0.15) is 32.6 Å². The Hall–Kier alpha value is -1.26. The molecular weight excluding hydrogens is 312 g/mol. The van der Waals surface area contributed by atoms with Crippen molar-refractivity contribution in [3.8, 4) is 5.75 Å². The van der Waals surface area contributed by atoms with Gasteiger partial charge in [0, 0.05) is 19.1 Å². The highest BCUT2D eigenvalue weighted by molar-refractivity contribution is 6.32. The average molecular weight is 337 g/mol. The van der Waals surface area contributed by atoms with Crippen LogP contribution in [0.25, 0.3) is 0 Å². The van der Waals surface area contributed by atoms with Crippen molar-refractivity contribution in [2.24, 2.45) is 5.92 Å². The van der Waals surface area contributed by atoms with Gasteiger partial charge in [-0.05, 0) is 57.2 Å². The molecule has 1 saturated heterocycles. The number of likely N-dealkylation sites (tertiary alicyclic amines) is 1. The molecule has 0 bridgehead atoms. The number of carbonyl (C=O) groups is 1. The highest BCUT2D eigenvalue weighted by Crippen LogP contribution is 2.28. The van der Waals surface area contributed by atoms with Gasteiger partial charge in [-0.25, -0.2) is 0 Å². The normalized spacial score (nSPS) is 20.3. The van der Waals surface area contributed by atoms with Crippen molar-refractivity contribution >= 4 is 17.5 Å². The van der Waals surface area contributed by atoms with Crippen molar-refractivity contribution < 1.29 is 9.53 Å². The second-order valence-electron chi connectivity index (χ2n) is 6.64. The summed E-state index contributed by atoms with van der Waals surface area (Å²) in [6, 6.07) is 7.82. The lowest BCUT2D eigenvalue weighted by molar-refractivity contribution is -0.139. The maximum absolute atomic E-state index is 12.5. The van der Waals surface area contributed by atoms with Crippen molar-refractivity contribution in [3.05, 3.63) is 29.3 Å². The van der Waals surface area contributed by atoms with Crippen LogP contribution in [0.5, 0.6) is 5.75 Å². The zero-order chi connectivity index (χ0) is 16.2. The number of halogens is 1. The summed E-state index contributed by atoms with van der Waals surface area (Å²) in [5, 5.41) is 4.17. The van der Waals surface area contributed by atoms with E-state index in [-0.39, 0.29) is 5.91 Å². The van der Waals surface area contributed by atoms with Crippen LogP contribution in [0.4, 0.5) is 0 Å². The number of benzene rings is 1. The molecule has 1 aromatic carbocycles. The van der Waals surface area contributed by atoms with Crippen molar-refractivity contribution in [2.75, 3.05) is 19.6 Å². The van der Waals surface area contributed by atoms with Crippen LogP contribution in [0, 0.1) is 5.92 Å². The van der Waals surface area contributed by atoms with Gasteiger partial charge < -0.3 is 15.0 Å². The standard InChI is InChI=1S/C18H25ClN2O2/c1-13(23-17-5-3-2-4-16(17)19)18(22)21-10-8-15(9-11-21)20-12-14-6-7-14/h2-5,13-15,20H,6-12H2,1H3. The monoisotopic (exact) mass is 336 g/mol. The number of piperidine rings is 1. The first-order chi connectivity index (χ1) is 11.1. The molecule has 0 spiro atoms. The molecule has 1 amide bonds. The lowest BCUT2D eigenvalue weighted by Crippen LogP contribution is -2.48. The number of carbonyl (C=O) groups excluding carboxylic acids is 1. The fourth-order valence-electron chi connectivity index (χ4n) is 3.00. The van der Waals surface area contributed by atoms with Crippen molar-refractivity contribution in [1.82, 2.24) is 10.2 Å². The van der Waals surface area contributed by atoms with Crippen LogP contribution in [0.15, 0.2) is 24.3 Å². The largest absolute Gasteiger partial charge is 0.479 e. The SMILES string of the molecule is CC(Oc1ccccc1Cl)C(=O)N1CCC(NCC2CC2)CC1. The summed E-state index contributed by atoms with van der Waals surface area (Å²) in [7, 11) is 0. The Morgan fingerprint density at radius 2 is 2.00 bits per heavy atom. The molecule has 3 rings (SSSR count). The van der Waals surface area contributed by atoms with Gasteiger partial charge in [0.1, 0.15) is 5.75 Å². The summed E-state index contributed by atoms with van der Waals surface area (Å²) in [6.45, 7) is 4.54. The smallest absolute Gasteiger partial charge is 0.263 e. The van der Waals surface area contributed by atoms with E-state index in [1.54, 1.807) is 19.1 Å². The summed E-state index contributed by atoms with van der Waals surface area (Å²) < 4.78 is 5.74. The third kappa shape index (κ3) is 4.61. The highest BCUT2D eigenvalue weighted by Gasteiger charge is 2.28. The summed E-state index contributed by atoms with van der Waals surface area (Å²) in [6.07, 6.45) is 4.29. The lowest BCUT2D eigenvalue weighted by atomic mass is 10.0. The van der Waals surface area contributed by atoms with Crippen molar-refractivity contribution in [2.45, 2.75) is 44.8 Å². The maximum Gasteiger partial charge on any atom is 0.263 e. The lowest BCUT2D eigenvalue weighted by Gasteiger charge is -2.34. The van der Waals surface area contributed by atoms with E-state index >= 15 is 0 Å². The molecule has 0 radical (unpaired) electrons. The van der Waals surface area contributed by atoms with Gasteiger partial charge in [0.15, 0.2) is 6.10 Å². The number of rotatable bonds is 6. The molecule has 0 aromatic heterocycles. The molecule has 5 heteroatoms. The quantitative estimate of drug-likeness (QED) is 0.868. The van der Waals surface area contributed by atoms with Crippen LogP contribution in [0.3, 0.4) is 0 Å². The first kappa shape index (κ1) is 16.6. The summed E-state index contributed by atoms with van der Waals surface area (Å²) in [4.78, 5) is 14.4. The van der Waals surface area contributed by atoms with E-state index in [0.29, 0.717) is 16.8 Å². The highest BCUT2D eigenvalue weighted by atomic mass is 35.5. The van der Waals surface area contributed by atoms with Gasteiger partial charge in [-0.1, -0.05) is 23.7 Å². The molecule has 1 unspecified atom stereocenters. The maximum atomic E-state index is 12.5. The molecule has 1 atom stereocenters. The Morgan fingerprint density at radius 3 is 2.65 bits per heavy atom. The molecular formula is C18H25ClN2O2. The number of amides is 1. The number of nitrogens with one attached hydrogen (secondary N) is 1. The van der Waals surface area contributed by atoms with Gasteiger partial charge in [-0.15, -0.1) is 0 Å². The third-order valence-electron chi connectivity index (χ3n) is 4.69. The van der Waals surface area contributed by atoms with Crippen molar-refractivity contribution in [1.29, 1.82) is 0 Å². The molecule has 1 N–H and O–H groups in total. The molecule has 23 heavy (non-hydrogen) atoms. The van der Waals surface area contributed by atoms with Gasteiger partial charge in [0.05, 0.1) is 5.02 Å². The number of hydrogen-bond donors (Lipinski definition) is 1. The van der Waals surface area contributed by atoms with Gasteiger partial charge in [0.25, 0.3) is 5.91 Å². The predicted octanol–water partition coefficient (Wildman–Crippen LogP) is 3.10. The molecule has 1 aromatic rings. The fourth-order valence-corrected chi connectivity index (χ4v) is 3.18. The summed E-state index contributed by atoms with van der Waals surface area (Å²) in [5.74, 6) is 1.51. The van der Waals surface area contributed by atoms with Gasteiger partial charge >= 0.3 is 0 Å². The van der Waals surface area contributed by atoms with Gasteiger partial charge in [0.2, 0.25) is 0 Å². The topological polar surface area (TPSA) is 41.6 Å². The molecule has 1 aliphatic carbocycles. The van der Waals surface area contributed by atoms with E-state index in [9.17, 15) is 4.79 Å². The fraction of sp³-hybridized carbons (Fsp3) is 0.611. The molecule has 1 saturated carbocycles. The first-order valence-electron chi connectivity index (χ1n) is 8.57. The van der Waals surface area contributed by atoms with Crippen LogP contribution in [-0.2, 0) is 4.79 Å². The minimum Gasteiger partial charge on any atom is -0.479 e. The predicted molar refractivity (Wildman–Crippen MR) is 91.9 cm³/mol. The summed E-state index contributed by atoms with van der Waals surface area (Å²) in [5.41, 5.74) is 0. The van der Waals surface area contributed by atoms with Crippen LogP contribution >= 0.6 is 11.6 Å². The Labute approximate surface area is 143 Å². The van der Waals surface area contributed by atoms with Crippen LogP contribution in [0.2, 0.25) is 5.02 Å². The molecule has 1 aliphatic heterocycles. The van der Waals surface area contributed by atoms with E-state index in [2.05, 4.69) is 5.32 Å². The van der Waals surface area contributed by atoms with E-state index in [1.165, 1.54) is 12.8 Å². The molecule has 1 heterocycles. The van der Waals surface area contributed by atoms with E-state index in [4.69, 9.17) is 16.3 Å². The van der Waals surface area contributed by atoms with E-state index in [1.807, 2.05) is 17.0 Å². The zero-order valence-corrected chi connectivity index (χ0v) is 14.4. The minimum absolute atomic E-state index is 0.0468. The third-order valence-corrected chi connectivity index (χ3v) is 5.00. The average Bonchev–Trinajstić information content (AvgIpc) is 3.39. The minimum atomic E-state index is -0.508. The Kier molecular flexibility index (Phi) is 5.44. The van der Waals surface area contributed by atoms with E-state index in [0.717, 1.165) is 38.4 Å². The molecule has 4 nitrogen and oxygen atoms in total. The number of hydrogen-bond acceptors (Lipinski definition) is 3. The molecule has 2 fully saturated rings. The Balaban J connectivity index is 1.45. The number of para-hydroxylation sites is 1. The number of nitrogens with zero attached hydrogens (tertiary/aromatic N) is 1. The van der Waals surface area contributed by atoms with Gasteiger partial charge in [-0.3, -0.25) is 4.79 Å². The second kappa shape index (κ2) is 7.54. The molecule has 126 valence electrons. The number of ether oxygens (including phenoxy) is 1. The molecule has 2 aliphatic rings. The summed E-state index contributed by atoms with van der Waals surface area (Å²) >= 11 is 6.09. The first-order valence-corrected chi connectivity index (χ1v) is 8.94. The zero-order valence-electron chi connectivity index (χ0n) is 13.6. The van der Waals surface area contributed by atoms with Crippen molar-refractivity contribution in [3.63, 3.8) is 0 Å². The van der Waals surface area contributed by atoms with Crippen LogP contribution < -0.4 is 10.1 Å².